The fourth-order valence-electron chi connectivity index (χ4n) is 2.25. The van der Waals surface area contributed by atoms with Crippen LogP contribution in [0, 0.1) is 17.0 Å². The highest BCUT2D eigenvalue weighted by molar-refractivity contribution is 7.92. The van der Waals surface area contributed by atoms with E-state index in [1.165, 1.54) is 12.1 Å². The summed E-state index contributed by atoms with van der Waals surface area (Å²) >= 11 is 0. The second kappa shape index (κ2) is 7.91. The molecule has 1 aromatic carbocycles. The molecule has 26 heavy (non-hydrogen) atoms. The molecule has 0 spiro atoms. The lowest BCUT2D eigenvalue weighted by atomic mass is 10.2. The van der Waals surface area contributed by atoms with Crippen molar-refractivity contribution in [3.8, 4) is 0 Å². The maximum Gasteiger partial charge on any atom is 0.271 e. The third-order valence-corrected chi connectivity index (χ3v) is 4.70. The van der Waals surface area contributed by atoms with E-state index in [0.717, 1.165) is 22.2 Å². The number of non-ortho nitro benzene ring substituents is 1. The third-order valence-electron chi connectivity index (χ3n) is 3.57. The molecule has 1 amide bonds. The Hall–Kier alpha value is -3.01. The topological polar surface area (TPSA) is 123 Å². The van der Waals surface area contributed by atoms with Gasteiger partial charge in [-0.2, -0.15) is 0 Å². The van der Waals surface area contributed by atoms with E-state index in [1.807, 2.05) is 0 Å². The molecular formula is C16H18N4O5S. The summed E-state index contributed by atoms with van der Waals surface area (Å²) in [5, 5.41) is 13.6. The van der Waals surface area contributed by atoms with Crippen molar-refractivity contribution in [3.63, 3.8) is 0 Å². The van der Waals surface area contributed by atoms with Gasteiger partial charge in [-0.25, -0.2) is 8.42 Å². The van der Waals surface area contributed by atoms with Crippen molar-refractivity contribution in [2.45, 2.75) is 13.5 Å². The van der Waals surface area contributed by atoms with Gasteiger partial charge in [0.05, 0.1) is 16.9 Å². The van der Waals surface area contributed by atoms with Crippen molar-refractivity contribution in [1.82, 2.24) is 10.3 Å². The molecule has 0 atom stereocenters. The van der Waals surface area contributed by atoms with Crippen LogP contribution in [-0.4, -0.2) is 37.0 Å². The number of benzene rings is 1. The second-order valence-corrected chi connectivity index (χ2v) is 7.54. The first kappa shape index (κ1) is 19.3. The van der Waals surface area contributed by atoms with Crippen molar-refractivity contribution >= 4 is 27.3 Å². The summed E-state index contributed by atoms with van der Waals surface area (Å²) in [5.74, 6) is -0.537. The van der Waals surface area contributed by atoms with Crippen molar-refractivity contribution in [1.29, 1.82) is 0 Å². The van der Waals surface area contributed by atoms with Crippen LogP contribution in [0.4, 0.5) is 11.4 Å². The first-order valence-electron chi connectivity index (χ1n) is 7.57. The predicted octanol–water partition coefficient (Wildman–Crippen LogP) is 1.38. The number of sulfonamides is 1. The summed E-state index contributed by atoms with van der Waals surface area (Å²) in [6, 6.07) is 7.36. The minimum Gasteiger partial charge on any atom is -0.350 e. The molecule has 0 radical (unpaired) electrons. The van der Waals surface area contributed by atoms with E-state index in [9.17, 15) is 23.3 Å². The number of hydrogen-bond acceptors (Lipinski definition) is 6. The van der Waals surface area contributed by atoms with Crippen molar-refractivity contribution in [2.24, 2.45) is 0 Å². The number of aromatic nitrogens is 1. The molecule has 10 heteroatoms. The molecule has 138 valence electrons. The van der Waals surface area contributed by atoms with Crippen molar-refractivity contribution < 1.29 is 18.1 Å². The van der Waals surface area contributed by atoms with E-state index in [4.69, 9.17) is 0 Å². The van der Waals surface area contributed by atoms with Gasteiger partial charge in [-0.3, -0.25) is 24.2 Å². The number of nitro groups is 1. The number of amides is 1. The molecule has 1 heterocycles. The number of nitrogens with one attached hydrogen (secondary N) is 1. The SMILES string of the molecule is Cc1ccc([N+](=O)[O-])cc1N(CC(=O)NCc1cccnc1)S(C)(=O)=O. The van der Waals surface area contributed by atoms with E-state index in [2.05, 4.69) is 10.3 Å². The zero-order valence-electron chi connectivity index (χ0n) is 14.2. The summed E-state index contributed by atoms with van der Waals surface area (Å²) in [6.07, 6.45) is 4.13. The van der Waals surface area contributed by atoms with E-state index in [-0.39, 0.29) is 17.9 Å². The predicted molar refractivity (Wildman–Crippen MR) is 96.1 cm³/mol. The minimum atomic E-state index is -3.82. The number of anilines is 1. The molecule has 0 unspecified atom stereocenters. The Bertz CT molecular complexity index is 915. The van der Waals surface area contributed by atoms with Gasteiger partial charge < -0.3 is 5.32 Å². The highest BCUT2D eigenvalue weighted by Gasteiger charge is 2.24. The molecule has 9 nitrogen and oxygen atoms in total. The zero-order valence-corrected chi connectivity index (χ0v) is 15.1. The van der Waals surface area contributed by atoms with Crippen LogP contribution in [0.3, 0.4) is 0 Å². The van der Waals surface area contributed by atoms with Gasteiger partial charge in [0.1, 0.15) is 6.54 Å². The van der Waals surface area contributed by atoms with Gasteiger partial charge in [0.2, 0.25) is 15.9 Å². The second-order valence-electron chi connectivity index (χ2n) is 5.64. The summed E-state index contributed by atoms with van der Waals surface area (Å²) in [4.78, 5) is 26.5. The Kier molecular flexibility index (Phi) is 5.88. The van der Waals surface area contributed by atoms with E-state index >= 15 is 0 Å². The number of aryl methyl sites for hydroxylation is 1. The van der Waals surface area contributed by atoms with Crippen LogP contribution in [0.2, 0.25) is 0 Å². The summed E-state index contributed by atoms with van der Waals surface area (Å²) in [5.41, 5.74) is 1.10. The first-order chi connectivity index (χ1) is 12.2. The number of nitrogens with zero attached hydrogens (tertiary/aromatic N) is 3. The van der Waals surface area contributed by atoms with Gasteiger partial charge >= 0.3 is 0 Å². The summed E-state index contributed by atoms with van der Waals surface area (Å²) in [7, 11) is -3.82. The van der Waals surface area contributed by atoms with E-state index in [0.29, 0.717) is 5.56 Å². The molecule has 0 saturated heterocycles. The number of carbonyl (C=O) groups excluding carboxylic acids is 1. The molecule has 0 fully saturated rings. The Morgan fingerprint density at radius 2 is 2.08 bits per heavy atom. The maximum absolute atomic E-state index is 12.2. The Morgan fingerprint density at radius 1 is 1.35 bits per heavy atom. The summed E-state index contributed by atoms with van der Waals surface area (Å²) < 4.78 is 25.1. The highest BCUT2D eigenvalue weighted by Crippen LogP contribution is 2.27. The van der Waals surface area contributed by atoms with Gasteiger partial charge in [0.15, 0.2) is 0 Å². The van der Waals surface area contributed by atoms with Crippen LogP contribution in [0.1, 0.15) is 11.1 Å². The monoisotopic (exact) mass is 378 g/mol. The molecule has 0 bridgehead atoms. The van der Waals surface area contributed by atoms with Gasteiger partial charge in [-0.05, 0) is 24.1 Å². The van der Waals surface area contributed by atoms with Gasteiger partial charge in [-0.1, -0.05) is 12.1 Å². The van der Waals surface area contributed by atoms with Gasteiger partial charge in [-0.15, -0.1) is 0 Å². The lowest BCUT2D eigenvalue weighted by molar-refractivity contribution is -0.384. The number of rotatable bonds is 7. The Labute approximate surface area is 150 Å². The molecule has 0 saturated carbocycles. The average Bonchev–Trinajstić information content (AvgIpc) is 2.58. The fraction of sp³-hybridized carbons (Fsp3) is 0.250. The molecule has 2 rings (SSSR count). The molecule has 1 aromatic heterocycles. The molecule has 0 aliphatic heterocycles. The number of pyridine rings is 1. The molecule has 0 aliphatic carbocycles. The highest BCUT2D eigenvalue weighted by atomic mass is 32.2. The van der Waals surface area contributed by atoms with Crippen molar-refractivity contribution in [2.75, 3.05) is 17.1 Å². The van der Waals surface area contributed by atoms with E-state index < -0.39 is 27.4 Å². The van der Waals surface area contributed by atoms with Crippen LogP contribution in [-0.2, 0) is 21.4 Å². The average molecular weight is 378 g/mol. The maximum atomic E-state index is 12.2. The van der Waals surface area contributed by atoms with Gasteiger partial charge in [0.25, 0.3) is 5.69 Å². The molecule has 0 aliphatic rings. The van der Waals surface area contributed by atoms with Crippen LogP contribution in [0.5, 0.6) is 0 Å². The normalized spacial score (nSPS) is 11.0. The first-order valence-corrected chi connectivity index (χ1v) is 9.41. The zero-order chi connectivity index (χ0) is 19.3. The largest absolute Gasteiger partial charge is 0.350 e. The quantitative estimate of drug-likeness (QED) is 0.574. The summed E-state index contributed by atoms with van der Waals surface area (Å²) in [6.45, 7) is 1.32. The molecule has 2 aromatic rings. The smallest absolute Gasteiger partial charge is 0.271 e. The third kappa shape index (κ3) is 4.99. The van der Waals surface area contributed by atoms with Gasteiger partial charge in [0, 0.05) is 31.1 Å². The van der Waals surface area contributed by atoms with Crippen LogP contribution < -0.4 is 9.62 Å². The number of carbonyl (C=O) groups is 1. The van der Waals surface area contributed by atoms with Crippen molar-refractivity contribution in [3.05, 3.63) is 64.0 Å². The molecule has 1 N–H and O–H groups in total. The van der Waals surface area contributed by atoms with Crippen LogP contribution in [0.25, 0.3) is 0 Å². The standard InChI is InChI=1S/C16H18N4O5S/c1-12-5-6-14(20(22)23)8-15(12)19(26(2,24)25)11-16(21)18-10-13-4-3-7-17-9-13/h3-9H,10-11H2,1-2H3,(H,18,21). The van der Waals surface area contributed by atoms with Crippen LogP contribution in [0.15, 0.2) is 42.7 Å². The Morgan fingerprint density at radius 3 is 2.65 bits per heavy atom. The number of hydrogen-bond donors (Lipinski definition) is 1. The number of nitro benzene ring substituents is 1. The fourth-order valence-corrected chi connectivity index (χ4v) is 3.16. The lowest BCUT2D eigenvalue weighted by Crippen LogP contribution is -2.40. The van der Waals surface area contributed by atoms with Crippen LogP contribution >= 0.6 is 0 Å². The van der Waals surface area contributed by atoms with E-state index in [1.54, 1.807) is 31.5 Å². The minimum absolute atomic E-state index is 0.0956. The lowest BCUT2D eigenvalue weighted by Gasteiger charge is -2.23. The molecular weight excluding hydrogens is 360 g/mol. The Balaban J connectivity index is 2.22.